The van der Waals surface area contributed by atoms with Gasteiger partial charge < -0.3 is 149 Å². The number of aliphatic hydroxyl groups excluding tert-OH is 19. The summed E-state index contributed by atoms with van der Waals surface area (Å²) in [5.41, 5.74) is 0. The zero-order valence-corrected chi connectivity index (χ0v) is 35.2. The summed E-state index contributed by atoms with van der Waals surface area (Å²) >= 11 is 0. The molecule has 5 aliphatic heterocycles. The molecule has 0 aliphatic carbocycles. The Morgan fingerprint density at radius 1 is 0.507 bits per heavy atom. The van der Waals surface area contributed by atoms with Crippen molar-refractivity contribution in [1.29, 1.82) is 0 Å². The maximum absolute atomic E-state index is 12.3. The van der Waals surface area contributed by atoms with Gasteiger partial charge in [0.15, 0.2) is 37.6 Å². The molecule has 0 bridgehead atoms. The summed E-state index contributed by atoms with van der Waals surface area (Å²) in [7, 11) is 0. The van der Waals surface area contributed by atoms with Crippen LogP contribution in [0.3, 0.4) is 0 Å². The van der Waals surface area contributed by atoms with Crippen molar-refractivity contribution in [2.75, 3.05) is 33.0 Å². The van der Waals surface area contributed by atoms with Crippen molar-refractivity contribution >= 4 is 5.97 Å². The minimum Gasteiger partial charge on any atom is -0.479 e. The molecule has 0 aromatic rings. The summed E-state index contributed by atoms with van der Waals surface area (Å²) in [6.07, 6.45) is -57.2. The molecule has 5 rings (SSSR count). The fourth-order valence-electron chi connectivity index (χ4n) is 7.89. The number of carbonyl (C=O) groups is 1. The average molecular weight is 991 g/mol. The molecule has 5 heterocycles. The third-order valence-electron chi connectivity index (χ3n) is 12.0. The van der Waals surface area contributed by atoms with E-state index in [0.717, 1.165) is 0 Å². The minimum absolute atomic E-state index is 0.910. The molecule has 0 aromatic heterocycles. The van der Waals surface area contributed by atoms with E-state index in [1.165, 1.54) is 6.92 Å². The number of aliphatic carboxylic acids is 1. The van der Waals surface area contributed by atoms with Crippen LogP contribution in [0.25, 0.3) is 0 Å². The smallest absolute Gasteiger partial charge is 0.335 e. The quantitative estimate of drug-likeness (QED) is 0.0538. The van der Waals surface area contributed by atoms with Crippen LogP contribution in [0.5, 0.6) is 0 Å². The van der Waals surface area contributed by atoms with Crippen molar-refractivity contribution in [2.45, 2.75) is 185 Å². The second-order valence-electron chi connectivity index (χ2n) is 16.6. The Balaban J connectivity index is 1.26. The normalized spacial score (nSPS) is 47.5. The molecule has 5 fully saturated rings. The zero-order valence-electron chi connectivity index (χ0n) is 35.2. The molecule has 67 heavy (non-hydrogen) atoms. The van der Waals surface area contributed by atoms with Gasteiger partial charge in [0, 0.05) is 0 Å². The third kappa shape index (κ3) is 12.2. The highest BCUT2D eigenvalue weighted by Gasteiger charge is 2.57. The molecule has 20 N–H and O–H groups in total. The van der Waals surface area contributed by atoms with Gasteiger partial charge in [-0.15, -0.1) is 0 Å². The SMILES string of the molecule is C[C@@H]1O[C@@H](O[C@@H]2[C@@H](O[C@H](CO)[C@@H](O)[C@H](O)[C@H](O)CO[C@@H]3O[C@@H]([C@H](O)CO)[C@H](O)[C@H]3O[C@H]3O[C@H](C(=O)O)[C@@H](O[C@@H]4O[C@H](CO)[C@@H](O)[C@H](O)[C@@H]4O)[C@H](O)[C@H]3O)O[C@H](CO)[C@@H](O)[C@@H]2O)[C@H](O)[C@H](O)[C@H]1O. The van der Waals surface area contributed by atoms with E-state index in [0.29, 0.717) is 0 Å². The van der Waals surface area contributed by atoms with Gasteiger partial charge in [-0.1, -0.05) is 0 Å². The fraction of sp³-hybridized carbons (Fsp3) is 0.972. The Morgan fingerprint density at radius 3 is 1.54 bits per heavy atom. The number of hydrogen-bond donors (Lipinski definition) is 20. The third-order valence-corrected chi connectivity index (χ3v) is 12.0. The van der Waals surface area contributed by atoms with Gasteiger partial charge in [-0.25, -0.2) is 4.79 Å². The van der Waals surface area contributed by atoms with Crippen LogP contribution in [0.15, 0.2) is 0 Å². The second kappa shape index (κ2) is 24.2. The second-order valence-corrected chi connectivity index (χ2v) is 16.6. The molecule has 0 unspecified atom stereocenters. The van der Waals surface area contributed by atoms with Crippen LogP contribution in [-0.2, 0) is 52.2 Å². The van der Waals surface area contributed by atoms with Crippen LogP contribution in [0.1, 0.15) is 6.92 Å². The molecule has 0 saturated carbocycles. The summed E-state index contributed by atoms with van der Waals surface area (Å²) < 4.78 is 54.4. The number of rotatable bonds is 20. The van der Waals surface area contributed by atoms with Gasteiger partial charge in [-0.3, -0.25) is 0 Å². The maximum atomic E-state index is 12.3. The minimum atomic E-state index is -2.37. The van der Waals surface area contributed by atoms with Crippen LogP contribution in [0.4, 0.5) is 0 Å². The summed E-state index contributed by atoms with van der Waals surface area (Å²) in [4.78, 5) is 12.3. The lowest BCUT2D eigenvalue weighted by Crippen LogP contribution is -2.65. The predicted octanol–water partition coefficient (Wildman–Crippen LogP) is -13.3. The number of carboxylic acids is 1. The van der Waals surface area contributed by atoms with Gasteiger partial charge in [0.05, 0.1) is 39.1 Å². The van der Waals surface area contributed by atoms with E-state index >= 15 is 0 Å². The topological polar surface area (TPSA) is 514 Å². The van der Waals surface area contributed by atoms with Gasteiger partial charge in [0.2, 0.25) is 0 Å². The average Bonchev–Trinajstić information content (AvgIpc) is 3.62. The van der Waals surface area contributed by atoms with E-state index in [9.17, 15) is 107 Å². The Hall–Kier alpha value is -1.69. The maximum Gasteiger partial charge on any atom is 0.335 e. The van der Waals surface area contributed by atoms with E-state index in [-0.39, 0.29) is 0 Å². The molecule has 0 radical (unpaired) electrons. The summed E-state index contributed by atoms with van der Waals surface area (Å²) in [6.45, 7) is -3.89. The van der Waals surface area contributed by atoms with Crippen LogP contribution in [0.2, 0.25) is 0 Å². The molecule has 392 valence electrons. The highest BCUT2D eigenvalue weighted by molar-refractivity contribution is 5.73. The van der Waals surface area contributed by atoms with Crippen LogP contribution in [0, 0.1) is 0 Å². The van der Waals surface area contributed by atoms with Crippen molar-refractivity contribution in [1.82, 2.24) is 0 Å². The Kier molecular flexibility index (Phi) is 20.3. The molecule has 31 heteroatoms. The van der Waals surface area contributed by atoms with E-state index in [1.54, 1.807) is 0 Å². The lowest BCUT2D eigenvalue weighted by Gasteiger charge is -2.46. The van der Waals surface area contributed by atoms with Crippen molar-refractivity contribution < 1.29 is 154 Å². The number of hydrogen-bond acceptors (Lipinski definition) is 30. The van der Waals surface area contributed by atoms with Gasteiger partial charge in [-0.05, 0) is 6.92 Å². The van der Waals surface area contributed by atoms with E-state index in [1.807, 2.05) is 0 Å². The summed E-state index contributed by atoms with van der Waals surface area (Å²) in [5, 5.41) is 208. The Bertz CT molecular complexity index is 1520. The van der Waals surface area contributed by atoms with Crippen molar-refractivity contribution in [3.63, 3.8) is 0 Å². The molecule has 0 amide bonds. The lowest BCUT2D eigenvalue weighted by atomic mass is 9.96. The van der Waals surface area contributed by atoms with Crippen LogP contribution < -0.4 is 0 Å². The van der Waals surface area contributed by atoms with E-state index in [2.05, 4.69) is 0 Å². The summed E-state index contributed by atoms with van der Waals surface area (Å²) in [6, 6.07) is 0. The Morgan fingerprint density at radius 2 is 0.985 bits per heavy atom. The zero-order chi connectivity index (χ0) is 49.9. The van der Waals surface area contributed by atoms with E-state index in [4.69, 9.17) is 47.4 Å². The largest absolute Gasteiger partial charge is 0.479 e. The molecule has 31 nitrogen and oxygen atoms in total. The molecule has 5 saturated heterocycles. The molecule has 0 spiro atoms. The van der Waals surface area contributed by atoms with Gasteiger partial charge in [0.25, 0.3) is 0 Å². The molecular weight excluding hydrogens is 928 g/mol. The standard InChI is InChI=1S/C36H62O31/c1-7-13(43)18(48)22(52)32(59-7)65-28-20(50)17(47)12(5-40)62-36(28)61-10(3-38)15(45)14(44)9(42)6-58-35-29(25(55)26(63-35)8(41)2-37)66-34-24(54)21(51)27(30(67-34)31(56)57)64-33-23(53)19(49)16(46)11(4-39)60-33/h7-30,32-55H,2-6H2,1H3,(H,56,57)/t7-,8+,9+,10+,11+,12+,13-,14+,15+,16+,17+,18+,19-,20-,21+,22+,23-,24+,25-,26-,27-,28-,29+,30-,32-,33-,34-,35+,36-/m0/s1. The number of ether oxygens (including phenoxy) is 10. The van der Waals surface area contributed by atoms with Crippen LogP contribution >= 0.6 is 0 Å². The van der Waals surface area contributed by atoms with Crippen molar-refractivity contribution in [3.8, 4) is 0 Å². The van der Waals surface area contributed by atoms with E-state index < -0.39 is 217 Å². The Labute approximate surface area is 378 Å². The molecular formula is C36H62O31. The molecule has 5 aliphatic rings. The monoisotopic (exact) mass is 990 g/mol. The van der Waals surface area contributed by atoms with Crippen LogP contribution in [-0.4, -0.2) is 319 Å². The number of aliphatic hydroxyl groups is 19. The van der Waals surface area contributed by atoms with Crippen molar-refractivity contribution in [3.05, 3.63) is 0 Å². The highest BCUT2D eigenvalue weighted by atomic mass is 16.8. The lowest BCUT2D eigenvalue weighted by molar-refractivity contribution is -0.373. The summed E-state index contributed by atoms with van der Waals surface area (Å²) in [5.74, 6) is -1.88. The first kappa shape index (κ1) is 56.2. The first-order valence-electron chi connectivity index (χ1n) is 20.9. The molecule has 0 aromatic carbocycles. The fourth-order valence-corrected chi connectivity index (χ4v) is 7.89. The first-order chi connectivity index (χ1) is 31.5. The van der Waals surface area contributed by atoms with Crippen molar-refractivity contribution in [2.24, 2.45) is 0 Å². The van der Waals surface area contributed by atoms with Gasteiger partial charge in [-0.2, -0.15) is 0 Å². The van der Waals surface area contributed by atoms with Gasteiger partial charge in [0.1, 0.15) is 134 Å². The first-order valence-corrected chi connectivity index (χ1v) is 20.9. The predicted molar refractivity (Wildman–Crippen MR) is 201 cm³/mol. The van der Waals surface area contributed by atoms with Gasteiger partial charge >= 0.3 is 5.97 Å². The highest BCUT2D eigenvalue weighted by Crippen LogP contribution is 2.35. The molecule has 29 atom stereocenters. The number of carboxylic acid groups (broad SMARTS) is 1.